The van der Waals surface area contributed by atoms with Crippen molar-refractivity contribution >= 4 is 40.5 Å². The molecule has 1 heterocycles. The maximum absolute atomic E-state index is 11.6. The van der Waals surface area contributed by atoms with Crippen LogP contribution in [0.3, 0.4) is 0 Å². The van der Waals surface area contributed by atoms with Crippen molar-refractivity contribution in [3.63, 3.8) is 0 Å². The molecule has 4 heteroatoms. The fourth-order valence-electron chi connectivity index (χ4n) is 0.871. The molecule has 1 unspecified atom stereocenters. The van der Waals surface area contributed by atoms with Gasteiger partial charge in [0.25, 0.3) is 0 Å². The molecule has 0 aromatic carbocycles. The summed E-state index contributed by atoms with van der Waals surface area (Å²) in [6.45, 7) is 4.27. The second-order valence-electron chi connectivity index (χ2n) is 3.06. The van der Waals surface area contributed by atoms with E-state index in [1.165, 1.54) is 11.3 Å². The molecule has 1 rings (SSSR count). The van der Waals surface area contributed by atoms with Crippen LogP contribution in [0.1, 0.15) is 29.9 Å². The molecule has 0 saturated heterocycles. The van der Waals surface area contributed by atoms with E-state index in [1.54, 1.807) is 23.9 Å². The van der Waals surface area contributed by atoms with E-state index in [2.05, 4.69) is 13.8 Å². The first-order valence-electron chi connectivity index (χ1n) is 4.53. The van der Waals surface area contributed by atoms with Crippen molar-refractivity contribution in [3.8, 4) is 0 Å². The molecule has 1 nitrogen and oxygen atoms in total. The minimum absolute atomic E-state index is 0.187. The van der Waals surface area contributed by atoms with Crippen molar-refractivity contribution in [1.82, 2.24) is 0 Å². The van der Waals surface area contributed by atoms with Crippen LogP contribution in [0.2, 0.25) is 4.34 Å². The van der Waals surface area contributed by atoms with E-state index in [0.717, 1.165) is 11.3 Å². The van der Waals surface area contributed by atoms with E-state index < -0.39 is 0 Å². The van der Waals surface area contributed by atoms with Gasteiger partial charge in [0.15, 0.2) is 5.78 Å². The number of thiophene rings is 1. The minimum Gasteiger partial charge on any atom is -0.292 e. The number of halogens is 1. The van der Waals surface area contributed by atoms with E-state index in [1.807, 2.05) is 0 Å². The number of Topliss-reactive ketones (excluding diaryl/α,β-unsaturated/α-hetero) is 1. The molecule has 0 aliphatic heterocycles. The van der Waals surface area contributed by atoms with Crippen LogP contribution in [-0.4, -0.2) is 16.8 Å². The van der Waals surface area contributed by atoms with Gasteiger partial charge in [-0.1, -0.05) is 25.4 Å². The average Bonchev–Trinajstić information content (AvgIpc) is 2.60. The molecule has 1 atom stereocenters. The summed E-state index contributed by atoms with van der Waals surface area (Å²) in [4.78, 5) is 12.4. The monoisotopic (exact) mass is 248 g/mol. The largest absolute Gasteiger partial charge is 0.292 e. The van der Waals surface area contributed by atoms with Crippen LogP contribution in [0.5, 0.6) is 0 Å². The SMILES string of the molecule is CCC(C)SCC(=O)c1ccc(Cl)s1. The molecule has 14 heavy (non-hydrogen) atoms. The van der Waals surface area contributed by atoms with E-state index in [9.17, 15) is 4.79 Å². The standard InChI is InChI=1S/C10H13ClOS2/c1-3-7(2)13-6-8(12)9-4-5-10(11)14-9/h4-5,7H,3,6H2,1-2H3. The minimum atomic E-state index is 0.187. The number of hydrogen-bond acceptors (Lipinski definition) is 3. The summed E-state index contributed by atoms with van der Waals surface area (Å²) in [6, 6.07) is 3.57. The van der Waals surface area contributed by atoms with Gasteiger partial charge in [0.05, 0.1) is 15.0 Å². The van der Waals surface area contributed by atoms with Crippen LogP contribution in [-0.2, 0) is 0 Å². The molecule has 0 saturated carbocycles. The van der Waals surface area contributed by atoms with Gasteiger partial charge in [-0.25, -0.2) is 0 Å². The highest BCUT2D eigenvalue weighted by atomic mass is 35.5. The highest BCUT2D eigenvalue weighted by molar-refractivity contribution is 8.00. The van der Waals surface area contributed by atoms with Gasteiger partial charge in [0.2, 0.25) is 0 Å². The Bertz CT molecular complexity index is 309. The molecular formula is C10H13ClOS2. The Morgan fingerprint density at radius 2 is 2.36 bits per heavy atom. The fourth-order valence-corrected chi connectivity index (χ4v) is 2.77. The highest BCUT2D eigenvalue weighted by Gasteiger charge is 2.10. The van der Waals surface area contributed by atoms with Gasteiger partial charge in [0, 0.05) is 5.25 Å². The second-order valence-corrected chi connectivity index (χ2v) is 6.20. The van der Waals surface area contributed by atoms with Gasteiger partial charge in [-0.3, -0.25) is 4.79 Å². The summed E-state index contributed by atoms with van der Waals surface area (Å²) in [7, 11) is 0. The summed E-state index contributed by atoms with van der Waals surface area (Å²) in [5, 5.41) is 0.550. The van der Waals surface area contributed by atoms with Crippen molar-refractivity contribution in [2.75, 3.05) is 5.75 Å². The summed E-state index contributed by atoms with van der Waals surface area (Å²) >= 11 is 8.81. The van der Waals surface area contributed by atoms with Crippen LogP contribution in [0.25, 0.3) is 0 Å². The maximum Gasteiger partial charge on any atom is 0.182 e. The van der Waals surface area contributed by atoms with E-state index in [-0.39, 0.29) is 5.78 Å². The first-order chi connectivity index (χ1) is 6.63. The fraction of sp³-hybridized carbons (Fsp3) is 0.500. The quantitative estimate of drug-likeness (QED) is 0.730. The molecule has 0 N–H and O–H groups in total. The first-order valence-corrected chi connectivity index (χ1v) is 6.78. The molecule has 0 aliphatic carbocycles. The van der Waals surface area contributed by atoms with Gasteiger partial charge < -0.3 is 0 Å². The smallest absolute Gasteiger partial charge is 0.182 e. The van der Waals surface area contributed by atoms with Crippen molar-refractivity contribution in [2.45, 2.75) is 25.5 Å². The van der Waals surface area contributed by atoms with Gasteiger partial charge in [-0.05, 0) is 18.6 Å². The van der Waals surface area contributed by atoms with Gasteiger partial charge >= 0.3 is 0 Å². The third-order valence-electron chi connectivity index (χ3n) is 1.92. The Kier molecular flexibility index (Phi) is 4.99. The van der Waals surface area contributed by atoms with Gasteiger partial charge in [-0.15, -0.1) is 11.3 Å². The highest BCUT2D eigenvalue weighted by Crippen LogP contribution is 2.23. The Morgan fingerprint density at radius 1 is 1.64 bits per heavy atom. The predicted octanol–water partition coefficient (Wildman–Crippen LogP) is 4.12. The molecular weight excluding hydrogens is 236 g/mol. The third-order valence-corrected chi connectivity index (χ3v) is 4.53. The molecule has 0 bridgehead atoms. The Balaban J connectivity index is 2.43. The van der Waals surface area contributed by atoms with Gasteiger partial charge in [0.1, 0.15) is 0 Å². The molecule has 1 aromatic heterocycles. The zero-order valence-corrected chi connectivity index (χ0v) is 10.6. The van der Waals surface area contributed by atoms with E-state index in [0.29, 0.717) is 15.3 Å². The second kappa shape index (κ2) is 5.79. The number of rotatable bonds is 5. The lowest BCUT2D eigenvalue weighted by Crippen LogP contribution is -2.04. The molecule has 0 aliphatic rings. The van der Waals surface area contributed by atoms with Crippen molar-refractivity contribution in [3.05, 3.63) is 21.3 Å². The summed E-state index contributed by atoms with van der Waals surface area (Å²) in [5.74, 6) is 0.749. The zero-order chi connectivity index (χ0) is 10.6. The number of thioether (sulfide) groups is 1. The number of carbonyl (C=O) groups excluding carboxylic acids is 1. The molecule has 0 radical (unpaired) electrons. The molecule has 78 valence electrons. The average molecular weight is 249 g/mol. The zero-order valence-electron chi connectivity index (χ0n) is 8.25. The number of hydrogen-bond donors (Lipinski definition) is 0. The maximum atomic E-state index is 11.6. The summed E-state index contributed by atoms with van der Waals surface area (Å²) in [5.41, 5.74) is 0. The van der Waals surface area contributed by atoms with Crippen molar-refractivity contribution in [2.24, 2.45) is 0 Å². The van der Waals surface area contributed by atoms with Crippen LogP contribution in [0.4, 0.5) is 0 Å². The van der Waals surface area contributed by atoms with Gasteiger partial charge in [-0.2, -0.15) is 11.8 Å². The molecule has 1 aromatic rings. The van der Waals surface area contributed by atoms with Crippen molar-refractivity contribution < 1.29 is 4.79 Å². The molecule has 0 spiro atoms. The van der Waals surface area contributed by atoms with Crippen LogP contribution in [0.15, 0.2) is 12.1 Å². The molecule has 0 fully saturated rings. The topological polar surface area (TPSA) is 17.1 Å². The third kappa shape index (κ3) is 3.64. The lowest BCUT2D eigenvalue weighted by molar-refractivity contribution is 0.102. The lowest BCUT2D eigenvalue weighted by atomic mass is 10.3. The van der Waals surface area contributed by atoms with E-state index in [4.69, 9.17) is 11.6 Å². The Morgan fingerprint density at radius 3 is 2.86 bits per heavy atom. The first kappa shape index (κ1) is 12.1. The number of ketones is 1. The molecule has 0 amide bonds. The van der Waals surface area contributed by atoms with Crippen LogP contribution < -0.4 is 0 Å². The van der Waals surface area contributed by atoms with Crippen molar-refractivity contribution in [1.29, 1.82) is 0 Å². The van der Waals surface area contributed by atoms with Crippen LogP contribution >= 0.6 is 34.7 Å². The summed E-state index contributed by atoms with van der Waals surface area (Å²) in [6.07, 6.45) is 1.10. The van der Waals surface area contributed by atoms with E-state index >= 15 is 0 Å². The lowest BCUT2D eigenvalue weighted by Gasteiger charge is -2.05. The van der Waals surface area contributed by atoms with Crippen LogP contribution in [0, 0.1) is 0 Å². The number of carbonyl (C=O) groups is 1. The Labute approximate surface area is 97.8 Å². The normalized spacial score (nSPS) is 12.8. The summed E-state index contributed by atoms with van der Waals surface area (Å²) < 4.78 is 0.682. The predicted molar refractivity (Wildman–Crippen MR) is 65.9 cm³/mol. The Hall–Kier alpha value is 0.01000.